The summed E-state index contributed by atoms with van der Waals surface area (Å²) in [6, 6.07) is 13.5. The van der Waals surface area contributed by atoms with E-state index in [1.807, 2.05) is 30.3 Å². The molecule has 0 fully saturated rings. The van der Waals surface area contributed by atoms with Crippen LogP contribution in [0.15, 0.2) is 42.5 Å². The zero-order chi connectivity index (χ0) is 18.9. The number of amides is 1. The van der Waals surface area contributed by atoms with Crippen molar-refractivity contribution in [3.05, 3.63) is 42.5 Å². The van der Waals surface area contributed by atoms with Crippen LogP contribution in [-0.2, 0) is 4.79 Å². The third kappa shape index (κ3) is 4.81. The third-order valence-corrected chi connectivity index (χ3v) is 4.06. The van der Waals surface area contributed by atoms with Gasteiger partial charge in [-0.1, -0.05) is 18.2 Å². The molecule has 1 N–H and O–H groups in total. The fraction of sp³-hybridized carbons (Fsp3) is 0.350. The van der Waals surface area contributed by atoms with Crippen molar-refractivity contribution >= 4 is 17.3 Å². The highest BCUT2D eigenvalue weighted by molar-refractivity contribution is 5.91. The lowest BCUT2D eigenvalue weighted by Gasteiger charge is -2.22. The van der Waals surface area contributed by atoms with E-state index in [-0.39, 0.29) is 5.91 Å². The lowest BCUT2D eigenvalue weighted by atomic mass is 10.2. The van der Waals surface area contributed by atoms with Crippen molar-refractivity contribution in [3.8, 4) is 17.2 Å². The molecule has 140 valence electrons. The lowest BCUT2D eigenvalue weighted by Crippen LogP contribution is -2.27. The van der Waals surface area contributed by atoms with Gasteiger partial charge in [-0.3, -0.25) is 4.79 Å². The van der Waals surface area contributed by atoms with Crippen LogP contribution in [0.2, 0.25) is 0 Å². The molecule has 0 aliphatic heterocycles. The van der Waals surface area contributed by atoms with E-state index >= 15 is 0 Å². The Hall–Kier alpha value is -2.89. The van der Waals surface area contributed by atoms with E-state index in [1.54, 1.807) is 33.5 Å². The first-order valence-corrected chi connectivity index (χ1v) is 8.52. The Morgan fingerprint density at radius 3 is 2.12 bits per heavy atom. The first-order valence-electron chi connectivity index (χ1n) is 8.52. The molecule has 6 heteroatoms. The number of carbonyl (C=O) groups is 1. The van der Waals surface area contributed by atoms with Crippen LogP contribution in [0.5, 0.6) is 17.2 Å². The summed E-state index contributed by atoms with van der Waals surface area (Å²) in [5.41, 5.74) is 1.71. The molecule has 6 nitrogen and oxygen atoms in total. The molecule has 2 aromatic carbocycles. The average molecular weight is 358 g/mol. The number of hydrogen-bond acceptors (Lipinski definition) is 5. The molecule has 0 saturated heterocycles. The zero-order valence-electron chi connectivity index (χ0n) is 15.7. The van der Waals surface area contributed by atoms with Crippen LogP contribution >= 0.6 is 0 Å². The maximum Gasteiger partial charge on any atom is 0.226 e. The summed E-state index contributed by atoms with van der Waals surface area (Å²) in [4.78, 5) is 14.5. The standard InChI is InChI=1S/C20H26N2O4/c1-5-22(16-9-7-6-8-10-16)12-11-19(23)21-15-13-17(24-2)20(26-4)18(14-15)25-3/h6-10,13-14H,5,11-12H2,1-4H3,(H,21,23). The molecule has 0 aliphatic carbocycles. The molecule has 0 bridgehead atoms. The summed E-state index contributed by atoms with van der Waals surface area (Å²) >= 11 is 0. The molecule has 2 rings (SSSR count). The smallest absolute Gasteiger partial charge is 0.226 e. The first kappa shape index (κ1) is 19.4. The summed E-state index contributed by atoms with van der Waals surface area (Å²) in [5, 5.41) is 2.89. The Kier molecular flexibility index (Phi) is 7.14. The van der Waals surface area contributed by atoms with Gasteiger partial charge in [-0.25, -0.2) is 0 Å². The normalized spacial score (nSPS) is 10.2. The van der Waals surface area contributed by atoms with Gasteiger partial charge in [0.15, 0.2) is 11.5 Å². The average Bonchev–Trinajstić information content (AvgIpc) is 2.68. The predicted molar refractivity (Wildman–Crippen MR) is 104 cm³/mol. The Morgan fingerprint density at radius 1 is 1.00 bits per heavy atom. The summed E-state index contributed by atoms with van der Waals surface area (Å²) in [6.45, 7) is 3.54. The van der Waals surface area contributed by atoms with Crippen LogP contribution in [0.1, 0.15) is 13.3 Å². The number of nitrogens with one attached hydrogen (secondary N) is 1. The molecular formula is C20H26N2O4. The second kappa shape index (κ2) is 9.56. The number of rotatable bonds is 9. The van der Waals surface area contributed by atoms with Gasteiger partial charge >= 0.3 is 0 Å². The van der Waals surface area contributed by atoms with Crippen LogP contribution < -0.4 is 24.4 Å². The summed E-state index contributed by atoms with van der Waals surface area (Å²) in [6.07, 6.45) is 0.374. The van der Waals surface area contributed by atoms with E-state index in [1.165, 1.54) is 0 Å². The van der Waals surface area contributed by atoms with E-state index in [4.69, 9.17) is 14.2 Å². The molecule has 0 unspecified atom stereocenters. The van der Waals surface area contributed by atoms with Crippen LogP contribution in [0.25, 0.3) is 0 Å². The molecule has 0 spiro atoms. The van der Waals surface area contributed by atoms with Gasteiger partial charge in [0.25, 0.3) is 0 Å². The van der Waals surface area contributed by atoms with Crippen LogP contribution in [0.3, 0.4) is 0 Å². The number of ether oxygens (including phenoxy) is 3. The van der Waals surface area contributed by atoms with Crippen LogP contribution in [0.4, 0.5) is 11.4 Å². The van der Waals surface area contributed by atoms with Crippen molar-refractivity contribution in [2.45, 2.75) is 13.3 Å². The van der Waals surface area contributed by atoms with Gasteiger partial charge in [0.05, 0.1) is 21.3 Å². The molecule has 1 amide bonds. The van der Waals surface area contributed by atoms with Gasteiger partial charge in [0, 0.05) is 43.0 Å². The fourth-order valence-corrected chi connectivity index (χ4v) is 2.72. The number of nitrogens with zero attached hydrogens (tertiary/aromatic N) is 1. The number of benzene rings is 2. The Bertz CT molecular complexity index is 694. The molecule has 26 heavy (non-hydrogen) atoms. The van der Waals surface area contributed by atoms with Crippen molar-refractivity contribution in [2.75, 3.05) is 44.6 Å². The second-order valence-corrected chi connectivity index (χ2v) is 5.63. The monoisotopic (exact) mass is 358 g/mol. The molecule has 0 aromatic heterocycles. The number of methoxy groups -OCH3 is 3. The number of hydrogen-bond donors (Lipinski definition) is 1. The second-order valence-electron chi connectivity index (χ2n) is 5.63. The highest BCUT2D eigenvalue weighted by Crippen LogP contribution is 2.39. The number of carbonyl (C=O) groups excluding carboxylic acids is 1. The molecule has 0 aliphatic rings. The predicted octanol–water partition coefficient (Wildman–Crippen LogP) is 3.57. The van der Waals surface area contributed by atoms with Crippen molar-refractivity contribution in [1.29, 1.82) is 0 Å². The maximum absolute atomic E-state index is 12.4. The SMILES string of the molecule is CCN(CCC(=O)Nc1cc(OC)c(OC)c(OC)c1)c1ccccc1. The van der Waals surface area contributed by atoms with Gasteiger partial charge in [-0.15, -0.1) is 0 Å². The van der Waals surface area contributed by atoms with E-state index in [0.29, 0.717) is 35.9 Å². The van der Waals surface area contributed by atoms with Crippen molar-refractivity contribution in [1.82, 2.24) is 0 Å². The summed E-state index contributed by atoms with van der Waals surface area (Å²) in [5.74, 6) is 1.42. The summed E-state index contributed by atoms with van der Waals surface area (Å²) < 4.78 is 15.9. The molecular weight excluding hydrogens is 332 g/mol. The molecule has 0 heterocycles. The highest BCUT2D eigenvalue weighted by Gasteiger charge is 2.15. The Morgan fingerprint density at radius 2 is 1.62 bits per heavy atom. The lowest BCUT2D eigenvalue weighted by molar-refractivity contribution is -0.116. The maximum atomic E-state index is 12.4. The van der Waals surface area contributed by atoms with Crippen molar-refractivity contribution in [3.63, 3.8) is 0 Å². The number of anilines is 2. The van der Waals surface area contributed by atoms with Gasteiger partial charge < -0.3 is 24.4 Å². The van der Waals surface area contributed by atoms with E-state index in [2.05, 4.69) is 17.1 Å². The molecule has 0 atom stereocenters. The van der Waals surface area contributed by atoms with Crippen LogP contribution in [0, 0.1) is 0 Å². The first-order chi connectivity index (χ1) is 12.6. The van der Waals surface area contributed by atoms with Gasteiger partial charge in [-0.2, -0.15) is 0 Å². The van der Waals surface area contributed by atoms with E-state index in [9.17, 15) is 4.79 Å². The Labute approximate surface area is 154 Å². The minimum Gasteiger partial charge on any atom is -0.493 e. The molecule has 2 aromatic rings. The number of para-hydroxylation sites is 1. The van der Waals surface area contributed by atoms with E-state index < -0.39 is 0 Å². The quantitative estimate of drug-likeness (QED) is 0.743. The molecule has 0 saturated carbocycles. The minimum absolute atomic E-state index is 0.0753. The highest BCUT2D eigenvalue weighted by atomic mass is 16.5. The minimum atomic E-state index is -0.0753. The Balaban J connectivity index is 2.03. The van der Waals surface area contributed by atoms with Crippen LogP contribution in [-0.4, -0.2) is 40.3 Å². The fourth-order valence-electron chi connectivity index (χ4n) is 2.72. The zero-order valence-corrected chi connectivity index (χ0v) is 15.7. The van der Waals surface area contributed by atoms with Gasteiger partial charge in [0.2, 0.25) is 11.7 Å². The van der Waals surface area contributed by atoms with Gasteiger partial charge in [-0.05, 0) is 19.1 Å². The third-order valence-electron chi connectivity index (χ3n) is 4.06. The summed E-state index contributed by atoms with van der Waals surface area (Å²) in [7, 11) is 4.63. The largest absolute Gasteiger partial charge is 0.493 e. The van der Waals surface area contributed by atoms with Crippen molar-refractivity contribution < 1.29 is 19.0 Å². The topological polar surface area (TPSA) is 60.0 Å². The van der Waals surface area contributed by atoms with E-state index in [0.717, 1.165) is 12.2 Å². The van der Waals surface area contributed by atoms with Crippen molar-refractivity contribution in [2.24, 2.45) is 0 Å². The van der Waals surface area contributed by atoms with Gasteiger partial charge in [0.1, 0.15) is 0 Å². The molecule has 0 radical (unpaired) electrons.